The number of carbonyl (C=O) groups is 1. The molecule has 2 fully saturated rings. The minimum Gasteiger partial charge on any atom is -0.491 e. The van der Waals surface area contributed by atoms with E-state index >= 15 is 0 Å². The van der Waals surface area contributed by atoms with Crippen molar-refractivity contribution < 1.29 is 49.3 Å². The quantitative estimate of drug-likeness (QED) is 0.206. The van der Waals surface area contributed by atoms with Gasteiger partial charge in [0.2, 0.25) is 0 Å². The van der Waals surface area contributed by atoms with Crippen LogP contribution in [0, 0.1) is 23.7 Å². The zero-order chi connectivity index (χ0) is 38.4. The summed E-state index contributed by atoms with van der Waals surface area (Å²) in [6.45, 7) is 15.4. The maximum absolute atomic E-state index is 13.4. The van der Waals surface area contributed by atoms with Crippen molar-refractivity contribution in [1.82, 2.24) is 0 Å². The van der Waals surface area contributed by atoms with Crippen LogP contribution in [0.1, 0.15) is 139 Å². The van der Waals surface area contributed by atoms with Crippen LogP contribution in [-0.4, -0.2) is 91.2 Å². The topological polar surface area (TPSA) is 155 Å². The molecule has 0 aromatic carbocycles. The number of allylic oxidation sites excluding steroid dienone is 2. The summed E-state index contributed by atoms with van der Waals surface area (Å²) in [4.78, 5) is 13.4. The molecular weight excluding hydrogens is 664 g/mol. The van der Waals surface area contributed by atoms with Gasteiger partial charge in [-0.2, -0.15) is 0 Å². The Morgan fingerprint density at radius 2 is 1.67 bits per heavy atom. The molecule has 4 aliphatic rings. The van der Waals surface area contributed by atoms with Gasteiger partial charge in [-0.25, -0.2) is 4.79 Å². The van der Waals surface area contributed by atoms with Gasteiger partial charge in [-0.05, 0) is 70.8 Å². The lowest BCUT2D eigenvalue weighted by atomic mass is 9.81. The van der Waals surface area contributed by atoms with Crippen molar-refractivity contribution in [2.45, 2.75) is 199 Å². The van der Waals surface area contributed by atoms with Gasteiger partial charge in [0.1, 0.15) is 17.5 Å². The maximum Gasteiger partial charge on any atom is 0.330 e. The first kappa shape index (κ1) is 42.9. The molecule has 0 amide bonds. The SMILES string of the molecule is CCC(O)CC1OC2(CCC1C)CC1OC(=O)/C=C/C(C)C(O)C(C)C(O)CC(O)C(C)(O)CCCCC/C=C/C3=C(CC(O2)C1C)OC(C)(C)C3. The van der Waals surface area contributed by atoms with E-state index in [2.05, 4.69) is 32.9 Å². The summed E-state index contributed by atoms with van der Waals surface area (Å²) in [7, 11) is 0. The van der Waals surface area contributed by atoms with E-state index in [1.54, 1.807) is 26.8 Å². The molecule has 2 saturated heterocycles. The Morgan fingerprint density at radius 1 is 0.942 bits per heavy atom. The lowest BCUT2D eigenvalue weighted by molar-refractivity contribution is -0.347. The maximum atomic E-state index is 13.4. The molecule has 0 aromatic rings. The van der Waals surface area contributed by atoms with E-state index < -0.39 is 59.7 Å². The normalized spacial score (nSPS) is 43.4. The first-order valence-electron chi connectivity index (χ1n) is 20.1. The zero-order valence-corrected chi connectivity index (χ0v) is 33.1. The van der Waals surface area contributed by atoms with Crippen LogP contribution in [0.3, 0.4) is 0 Å². The third kappa shape index (κ3) is 11.4. The van der Waals surface area contributed by atoms with Crippen LogP contribution in [0.4, 0.5) is 0 Å². The molecule has 4 heterocycles. The van der Waals surface area contributed by atoms with Crippen molar-refractivity contribution in [3.05, 3.63) is 35.6 Å². The number of carbonyl (C=O) groups excluding carboxylic acids is 1. The number of esters is 1. The summed E-state index contributed by atoms with van der Waals surface area (Å²) in [5, 5.41) is 54.4. The molecule has 52 heavy (non-hydrogen) atoms. The molecule has 4 aliphatic heterocycles. The van der Waals surface area contributed by atoms with Gasteiger partial charge >= 0.3 is 5.97 Å². The van der Waals surface area contributed by atoms with E-state index in [9.17, 15) is 30.3 Å². The first-order chi connectivity index (χ1) is 24.3. The van der Waals surface area contributed by atoms with Crippen LogP contribution < -0.4 is 0 Å². The van der Waals surface area contributed by atoms with E-state index in [4.69, 9.17) is 18.9 Å². The second-order valence-electron chi connectivity index (χ2n) is 17.5. The molecule has 5 N–H and O–H groups in total. The molecule has 298 valence electrons. The van der Waals surface area contributed by atoms with Crippen LogP contribution in [-0.2, 0) is 23.7 Å². The molecule has 10 nitrogen and oxygen atoms in total. The highest BCUT2D eigenvalue weighted by molar-refractivity contribution is 5.82. The largest absolute Gasteiger partial charge is 0.491 e. The Bertz CT molecular complexity index is 1260. The predicted molar refractivity (Wildman–Crippen MR) is 200 cm³/mol. The van der Waals surface area contributed by atoms with Crippen molar-refractivity contribution >= 4 is 5.97 Å². The minimum atomic E-state index is -1.37. The number of ether oxygens (including phenoxy) is 4. The summed E-state index contributed by atoms with van der Waals surface area (Å²) in [5.74, 6) is -1.69. The molecule has 0 aromatic heterocycles. The third-order valence-electron chi connectivity index (χ3n) is 12.3. The summed E-state index contributed by atoms with van der Waals surface area (Å²) < 4.78 is 26.5. The van der Waals surface area contributed by atoms with E-state index in [0.717, 1.165) is 49.9 Å². The Kier molecular flexibility index (Phi) is 15.1. The number of rotatable bonds is 3. The summed E-state index contributed by atoms with van der Waals surface area (Å²) >= 11 is 0. The molecule has 0 radical (unpaired) electrons. The molecular formula is C42H70O10. The summed E-state index contributed by atoms with van der Waals surface area (Å²) in [6, 6.07) is 0. The summed E-state index contributed by atoms with van der Waals surface area (Å²) in [6.07, 6.45) is 10.5. The molecule has 10 heteroatoms. The van der Waals surface area contributed by atoms with Crippen molar-refractivity contribution in [3.8, 4) is 0 Å². The number of fused-ring (bicyclic) bond motifs is 2. The fraction of sp³-hybridized carbons (Fsp3) is 0.833. The number of hydrogen-bond acceptors (Lipinski definition) is 10. The van der Waals surface area contributed by atoms with Gasteiger partial charge in [0.25, 0.3) is 0 Å². The third-order valence-corrected chi connectivity index (χ3v) is 12.3. The van der Waals surface area contributed by atoms with Gasteiger partial charge in [0.05, 0.1) is 42.2 Å². The van der Waals surface area contributed by atoms with Gasteiger partial charge in [0.15, 0.2) is 5.79 Å². The minimum absolute atomic E-state index is 0.0774. The van der Waals surface area contributed by atoms with Crippen LogP contribution in [0.2, 0.25) is 0 Å². The average molecular weight is 735 g/mol. The lowest BCUT2D eigenvalue weighted by Gasteiger charge is -2.52. The molecule has 1 spiro atoms. The monoisotopic (exact) mass is 734 g/mol. The fourth-order valence-electron chi connectivity index (χ4n) is 8.33. The second-order valence-corrected chi connectivity index (χ2v) is 17.5. The van der Waals surface area contributed by atoms with Crippen molar-refractivity contribution in [2.24, 2.45) is 23.7 Å². The van der Waals surface area contributed by atoms with E-state index in [0.29, 0.717) is 38.5 Å². The number of hydrogen-bond donors (Lipinski definition) is 5. The Balaban J connectivity index is 1.64. The van der Waals surface area contributed by atoms with Gasteiger partial charge < -0.3 is 44.5 Å². The standard InChI is InChI=1S/C42H70O10/c1-9-31(43)21-33-26(2)18-20-42(51-33)25-36-29(5)34(52-42)23-35-30(24-40(6,7)50-35)15-13-11-10-12-14-19-41(8,48)37(45)22-32(44)28(4)39(47)27(3)16-17-38(46)49-36/h13,15-17,26-29,31-34,36-37,39,43-45,47-48H,9-12,14,18-25H2,1-8H3/b15-13+,17-16+. The number of aliphatic hydroxyl groups excluding tert-OH is 4. The van der Waals surface area contributed by atoms with E-state index in [1.165, 1.54) is 6.08 Å². The van der Waals surface area contributed by atoms with Gasteiger partial charge in [0, 0.05) is 55.9 Å². The van der Waals surface area contributed by atoms with Gasteiger partial charge in [-0.3, -0.25) is 0 Å². The Hall–Kier alpha value is -1.79. The number of aliphatic hydroxyl groups is 5. The molecule has 0 aliphatic carbocycles. The smallest absolute Gasteiger partial charge is 0.330 e. The van der Waals surface area contributed by atoms with Crippen LogP contribution in [0.15, 0.2) is 35.6 Å². The van der Waals surface area contributed by atoms with E-state index in [-0.39, 0.29) is 36.1 Å². The Labute approximate surface area is 312 Å². The average Bonchev–Trinajstić information content (AvgIpc) is 3.37. The molecule has 0 saturated carbocycles. The highest BCUT2D eigenvalue weighted by Crippen LogP contribution is 2.47. The zero-order valence-electron chi connectivity index (χ0n) is 33.1. The Morgan fingerprint density at radius 3 is 2.38 bits per heavy atom. The van der Waals surface area contributed by atoms with Crippen molar-refractivity contribution in [3.63, 3.8) is 0 Å². The summed E-state index contributed by atoms with van der Waals surface area (Å²) in [5.41, 5.74) is -0.618. The van der Waals surface area contributed by atoms with Crippen molar-refractivity contribution in [1.29, 1.82) is 0 Å². The molecule has 2 bridgehead atoms. The van der Waals surface area contributed by atoms with Gasteiger partial charge in [-0.1, -0.05) is 65.7 Å². The molecule has 4 rings (SSSR count). The van der Waals surface area contributed by atoms with Crippen LogP contribution >= 0.6 is 0 Å². The fourth-order valence-corrected chi connectivity index (χ4v) is 8.33. The second kappa shape index (κ2) is 18.2. The van der Waals surface area contributed by atoms with Crippen LogP contribution in [0.25, 0.3) is 0 Å². The first-order valence-corrected chi connectivity index (χ1v) is 20.1. The molecule has 13 unspecified atom stereocenters. The predicted octanol–water partition coefficient (Wildman–Crippen LogP) is 6.41. The van der Waals surface area contributed by atoms with Crippen molar-refractivity contribution in [2.75, 3.05) is 0 Å². The van der Waals surface area contributed by atoms with Gasteiger partial charge in [-0.15, -0.1) is 0 Å². The highest BCUT2D eigenvalue weighted by Gasteiger charge is 2.52. The van der Waals surface area contributed by atoms with E-state index in [1.807, 2.05) is 13.8 Å². The van der Waals surface area contributed by atoms with Crippen LogP contribution in [0.5, 0.6) is 0 Å². The highest BCUT2D eigenvalue weighted by atomic mass is 16.7. The molecule has 13 atom stereocenters. The lowest BCUT2D eigenvalue weighted by Crippen LogP contribution is -2.57.